The molecule has 0 aliphatic carbocycles. The zero-order valence-corrected chi connectivity index (χ0v) is 20.9. The molecule has 1 aliphatic rings. The summed E-state index contributed by atoms with van der Waals surface area (Å²) in [6.45, 7) is 2.09. The summed E-state index contributed by atoms with van der Waals surface area (Å²) in [5, 5.41) is 6.95. The van der Waals surface area contributed by atoms with Gasteiger partial charge in [0, 0.05) is 42.3 Å². The molecule has 2 aromatic heterocycles. The summed E-state index contributed by atoms with van der Waals surface area (Å²) in [5.41, 5.74) is 5.89. The molecule has 0 radical (unpaired) electrons. The zero-order valence-electron chi connectivity index (χ0n) is 20.1. The van der Waals surface area contributed by atoms with Crippen LogP contribution in [0.4, 0.5) is 11.4 Å². The summed E-state index contributed by atoms with van der Waals surface area (Å²) in [5.74, 6) is -0.201. The van der Waals surface area contributed by atoms with E-state index in [2.05, 4.69) is 74.6 Å². The van der Waals surface area contributed by atoms with Crippen LogP contribution >= 0.6 is 12.2 Å². The van der Waals surface area contributed by atoms with Crippen molar-refractivity contribution in [2.24, 2.45) is 0 Å². The molecule has 1 fully saturated rings. The first-order valence-electron chi connectivity index (χ1n) is 11.7. The Balaban J connectivity index is 1.55. The average Bonchev–Trinajstić information content (AvgIpc) is 3.50. The van der Waals surface area contributed by atoms with Crippen molar-refractivity contribution in [3.8, 4) is 5.69 Å². The molecular weight excluding hydrogens is 470 g/mol. The number of hydrogen-bond acceptors (Lipinski definition) is 4. The Bertz CT molecular complexity index is 1350. The molecule has 2 atom stereocenters. The molecule has 1 amide bonds. The summed E-state index contributed by atoms with van der Waals surface area (Å²) < 4.78 is 7.10. The number of aryl methyl sites for hydroxylation is 1. The predicted molar refractivity (Wildman–Crippen MR) is 145 cm³/mol. The third kappa shape index (κ3) is 4.73. The van der Waals surface area contributed by atoms with Crippen molar-refractivity contribution in [1.29, 1.82) is 0 Å². The van der Waals surface area contributed by atoms with Gasteiger partial charge in [-0.2, -0.15) is 0 Å². The highest BCUT2D eigenvalue weighted by Crippen LogP contribution is 2.42. The van der Waals surface area contributed by atoms with E-state index in [4.69, 9.17) is 17.0 Å². The van der Waals surface area contributed by atoms with E-state index in [1.165, 1.54) is 12.7 Å². The van der Waals surface area contributed by atoms with Gasteiger partial charge in [-0.1, -0.05) is 23.8 Å². The average molecular weight is 498 g/mol. The van der Waals surface area contributed by atoms with Crippen molar-refractivity contribution in [2.45, 2.75) is 19.0 Å². The number of aromatic nitrogens is 2. The van der Waals surface area contributed by atoms with Crippen molar-refractivity contribution in [1.82, 2.24) is 14.9 Å². The van der Waals surface area contributed by atoms with Crippen LogP contribution in [-0.2, 0) is 9.53 Å². The Morgan fingerprint density at radius 2 is 1.78 bits per heavy atom. The zero-order chi connectivity index (χ0) is 25.1. The van der Waals surface area contributed by atoms with Crippen LogP contribution in [0.25, 0.3) is 5.69 Å². The normalized spacial score (nSPS) is 17.2. The summed E-state index contributed by atoms with van der Waals surface area (Å²) in [7, 11) is 1.49. The van der Waals surface area contributed by atoms with Gasteiger partial charge >= 0.3 is 0 Å². The Kier molecular flexibility index (Phi) is 6.79. The van der Waals surface area contributed by atoms with Gasteiger partial charge in [0.25, 0.3) is 0 Å². The number of hydrogen-bond donors (Lipinski definition) is 2. The summed E-state index contributed by atoms with van der Waals surface area (Å²) in [6.07, 6.45) is 3.87. The molecule has 1 saturated heterocycles. The summed E-state index contributed by atoms with van der Waals surface area (Å²) in [4.78, 5) is 18.7. The standard InChI is InChI=1S/C28H27N5O2S/c1-19-8-12-21(13-9-19)32-17-5-7-24(32)27-26(23-6-3-4-16-29-23)31-28(36)33(27)22-14-10-20(11-15-22)30-25(34)18-35-2/h3-17,26-27H,18H2,1-2H3,(H,30,34)(H,31,36)/t26-,27+/m1/s1. The van der Waals surface area contributed by atoms with Gasteiger partial charge < -0.3 is 24.8 Å². The Morgan fingerprint density at radius 3 is 2.47 bits per heavy atom. The van der Waals surface area contributed by atoms with Gasteiger partial charge in [0.1, 0.15) is 12.6 Å². The number of anilines is 2. The van der Waals surface area contributed by atoms with Crippen LogP contribution in [-0.4, -0.2) is 34.3 Å². The highest BCUT2D eigenvalue weighted by Gasteiger charge is 2.42. The molecule has 36 heavy (non-hydrogen) atoms. The first kappa shape index (κ1) is 23.7. The molecule has 8 heteroatoms. The fourth-order valence-electron chi connectivity index (χ4n) is 4.54. The minimum absolute atomic E-state index is 0.00567. The third-order valence-electron chi connectivity index (χ3n) is 6.20. The van der Waals surface area contributed by atoms with Gasteiger partial charge in [-0.3, -0.25) is 9.78 Å². The van der Waals surface area contributed by atoms with Gasteiger partial charge in [0.05, 0.1) is 11.7 Å². The summed E-state index contributed by atoms with van der Waals surface area (Å²) >= 11 is 5.86. The fraction of sp³-hybridized carbons (Fsp3) is 0.179. The first-order chi connectivity index (χ1) is 17.5. The Morgan fingerprint density at radius 1 is 1.03 bits per heavy atom. The molecule has 0 bridgehead atoms. The number of rotatable bonds is 7. The number of nitrogens with one attached hydrogen (secondary N) is 2. The second-order valence-electron chi connectivity index (χ2n) is 8.66. The van der Waals surface area contributed by atoms with E-state index in [0.717, 1.165) is 22.8 Å². The molecule has 0 unspecified atom stereocenters. The maximum atomic E-state index is 11.9. The van der Waals surface area contributed by atoms with Crippen LogP contribution in [0.3, 0.4) is 0 Å². The monoisotopic (exact) mass is 497 g/mol. The SMILES string of the molecule is COCC(=O)Nc1ccc(N2C(=S)N[C@H](c3ccccn3)[C@@H]2c2cccn2-c2ccc(C)cc2)cc1. The molecule has 4 aromatic rings. The number of nitrogens with zero attached hydrogens (tertiary/aromatic N) is 3. The topological polar surface area (TPSA) is 71.4 Å². The minimum Gasteiger partial charge on any atom is -0.375 e. The van der Waals surface area contributed by atoms with Crippen molar-refractivity contribution in [3.63, 3.8) is 0 Å². The second-order valence-corrected chi connectivity index (χ2v) is 9.05. The molecule has 2 N–H and O–H groups in total. The number of carbonyl (C=O) groups excluding carboxylic acids is 1. The van der Waals surface area contributed by atoms with E-state index in [1.807, 2.05) is 42.5 Å². The maximum absolute atomic E-state index is 11.9. The van der Waals surface area contributed by atoms with E-state index in [0.29, 0.717) is 10.8 Å². The van der Waals surface area contributed by atoms with Gasteiger partial charge in [-0.15, -0.1) is 0 Å². The maximum Gasteiger partial charge on any atom is 0.250 e. The first-order valence-corrected chi connectivity index (χ1v) is 12.1. The molecular formula is C28H27N5O2S. The number of ether oxygens (including phenoxy) is 1. The molecule has 3 heterocycles. The van der Waals surface area contributed by atoms with E-state index in [1.54, 1.807) is 6.20 Å². The van der Waals surface area contributed by atoms with Crippen molar-refractivity contribution < 1.29 is 9.53 Å². The molecule has 0 spiro atoms. The van der Waals surface area contributed by atoms with Crippen molar-refractivity contribution >= 4 is 34.6 Å². The van der Waals surface area contributed by atoms with Crippen LogP contribution in [0, 0.1) is 6.92 Å². The number of methoxy groups -OCH3 is 1. The van der Waals surface area contributed by atoms with Crippen molar-refractivity contribution in [2.75, 3.05) is 23.9 Å². The quantitative estimate of drug-likeness (QED) is 0.353. The molecule has 182 valence electrons. The number of pyridine rings is 1. The van der Waals surface area contributed by atoms with E-state index in [9.17, 15) is 4.79 Å². The van der Waals surface area contributed by atoms with Crippen LogP contribution in [0.5, 0.6) is 0 Å². The molecule has 5 rings (SSSR count). The lowest BCUT2D eigenvalue weighted by atomic mass is 10.0. The van der Waals surface area contributed by atoms with Crippen molar-refractivity contribution in [3.05, 3.63) is 108 Å². The lowest BCUT2D eigenvalue weighted by molar-refractivity contribution is -0.119. The predicted octanol–water partition coefficient (Wildman–Crippen LogP) is 4.94. The molecule has 0 saturated carbocycles. The van der Waals surface area contributed by atoms with Crippen LogP contribution in [0.1, 0.15) is 29.0 Å². The van der Waals surface area contributed by atoms with Crippen LogP contribution in [0.2, 0.25) is 0 Å². The molecule has 7 nitrogen and oxygen atoms in total. The van der Waals surface area contributed by atoms with Gasteiger partial charge in [0.2, 0.25) is 5.91 Å². The Labute approximate surface area is 215 Å². The van der Waals surface area contributed by atoms with Crippen LogP contribution in [0.15, 0.2) is 91.3 Å². The Hall–Kier alpha value is -4.01. The second kappa shape index (κ2) is 10.3. The molecule has 2 aromatic carbocycles. The number of carbonyl (C=O) groups is 1. The number of benzene rings is 2. The lowest BCUT2D eigenvalue weighted by Gasteiger charge is -2.29. The van der Waals surface area contributed by atoms with E-state index in [-0.39, 0.29) is 24.6 Å². The third-order valence-corrected chi connectivity index (χ3v) is 6.51. The van der Waals surface area contributed by atoms with Gasteiger partial charge in [-0.05, 0) is 79.8 Å². The largest absolute Gasteiger partial charge is 0.375 e. The number of amides is 1. The lowest BCUT2D eigenvalue weighted by Crippen LogP contribution is -2.30. The summed E-state index contributed by atoms with van der Waals surface area (Å²) in [6, 6.07) is 25.9. The highest BCUT2D eigenvalue weighted by molar-refractivity contribution is 7.80. The van der Waals surface area contributed by atoms with E-state index >= 15 is 0 Å². The van der Waals surface area contributed by atoms with Crippen LogP contribution < -0.4 is 15.5 Å². The minimum atomic E-state index is -0.201. The van der Waals surface area contributed by atoms with Gasteiger partial charge in [0.15, 0.2) is 5.11 Å². The van der Waals surface area contributed by atoms with E-state index < -0.39 is 0 Å². The highest BCUT2D eigenvalue weighted by atomic mass is 32.1. The number of thiocarbonyl (C=S) groups is 1. The van der Waals surface area contributed by atoms with Gasteiger partial charge in [-0.25, -0.2) is 0 Å². The smallest absolute Gasteiger partial charge is 0.250 e. The fourth-order valence-corrected chi connectivity index (χ4v) is 4.89. The molecule has 1 aliphatic heterocycles.